The van der Waals surface area contributed by atoms with Gasteiger partial charge < -0.3 is 20.7 Å². The molecule has 3 aromatic rings. The SMILES string of the molecule is C=CC(=O)Nc1cccc(Oc2nc(Nc3ccc(CNCCCCCCC(=O)NO)cc3)ncc2C)c1. The quantitative estimate of drug-likeness (QED) is 0.0821. The standard InChI is InChI=1S/C28H34N6O4/c1-3-25(35)31-23-9-8-10-24(17-23)38-27-20(2)18-30-28(33-27)32-22-14-12-21(13-15-22)19-29-16-7-5-4-6-11-26(36)34-37/h3,8-10,12-15,17-18,29,37H,1,4-7,11,16,19H2,2H3,(H,31,35)(H,34,36)(H,30,32,33). The second kappa shape index (κ2) is 15.1. The third-order valence-corrected chi connectivity index (χ3v) is 5.60. The van der Waals surface area contributed by atoms with Gasteiger partial charge in [0, 0.05) is 42.2 Å². The van der Waals surface area contributed by atoms with Crippen LogP contribution in [0, 0.1) is 6.92 Å². The van der Waals surface area contributed by atoms with E-state index in [1.54, 1.807) is 35.9 Å². The van der Waals surface area contributed by atoms with E-state index in [-0.39, 0.29) is 11.8 Å². The number of hydrogen-bond acceptors (Lipinski definition) is 8. The molecule has 38 heavy (non-hydrogen) atoms. The molecule has 0 spiro atoms. The van der Waals surface area contributed by atoms with Gasteiger partial charge in [-0.3, -0.25) is 14.8 Å². The normalized spacial score (nSPS) is 10.5. The number of benzene rings is 2. The number of carbonyl (C=O) groups is 2. The van der Waals surface area contributed by atoms with Gasteiger partial charge in [-0.1, -0.05) is 37.6 Å². The topological polar surface area (TPSA) is 138 Å². The lowest BCUT2D eigenvalue weighted by molar-refractivity contribution is -0.129. The van der Waals surface area contributed by atoms with Crippen molar-refractivity contribution in [3.8, 4) is 11.6 Å². The van der Waals surface area contributed by atoms with Crippen LogP contribution < -0.4 is 26.2 Å². The van der Waals surface area contributed by atoms with Gasteiger partial charge in [-0.25, -0.2) is 10.5 Å². The zero-order valence-corrected chi connectivity index (χ0v) is 21.5. The van der Waals surface area contributed by atoms with Crippen LogP contribution in [0.1, 0.15) is 43.2 Å². The minimum absolute atomic E-state index is 0.298. The van der Waals surface area contributed by atoms with Gasteiger partial charge in [0.15, 0.2) is 0 Å². The smallest absolute Gasteiger partial charge is 0.247 e. The Hall–Kier alpha value is -4.28. The Labute approximate surface area is 222 Å². The van der Waals surface area contributed by atoms with Crippen molar-refractivity contribution >= 4 is 29.1 Å². The molecule has 0 aliphatic heterocycles. The summed E-state index contributed by atoms with van der Waals surface area (Å²) in [5.41, 5.74) is 5.03. The van der Waals surface area contributed by atoms with E-state index >= 15 is 0 Å². The average Bonchev–Trinajstić information content (AvgIpc) is 2.93. The van der Waals surface area contributed by atoms with Crippen molar-refractivity contribution in [1.29, 1.82) is 0 Å². The van der Waals surface area contributed by atoms with Gasteiger partial charge in [-0.05, 0) is 62.2 Å². The predicted molar refractivity (Wildman–Crippen MR) is 147 cm³/mol. The summed E-state index contributed by atoms with van der Waals surface area (Å²) >= 11 is 0. The van der Waals surface area contributed by atoms with Gasteiger partial charge in [0.05, 0.1) is 0 Å². The zero-order valence-electron chi connectivity index (χ0n) is 21.5. The van der Waals surface area contributed by atoms with E-state index in [1.807, 2.05) is 31.2 Å². The van der Waals surface area contributed by atoms with Gasteiger partial charge in [0.25, 0.3) is 0 Å². The molecule has 0 radical (unpaired) electrons. The number of rotatable bonds is 15. The number of amides is 2. The number of carbonyl (C=O) groups excluding carboxylic acids is 2. The first-order valence-corrected chi connectivity index (χ1v) is 12.5. The van der Waals surface area contributed by atoms with E-state index in [1.165, 1.54) is 6.08 Å². The number of unbranched alkanes of at least 4 members (excludes halogenated alkanes) is 3. The van der Waals surface area contributed by atoms with Crippen molar-refractivity contribution in [3.63, 3.8) is 0 Å². The summed E-state index contributed by atoms with van der Waals surface area (Å²) in [6, 6.07) is 15.1. The zero-order chi connectivity index (χ0) is 27.2. The second-order valence-electron chi connectivity index (χ2n) is 8.70. The minimum atomic E-state index is -0.331. The number of nitrogens with zero attached hydrogens (tertiary/aromatic N) is 2. The van der Waals surface area contributed by atoms with Gasteiger partial charge in [0.1, 0.15) is 5.75 Å². The van der Waals surface area contributed by atoms with Crippen LogP contribution in [0.5, 0.6) is 11.6 Å². The van der Waals surface area contributed by atoms with Gasteiger partial charge in [-0.2, -0.15) is 4.98 Å². The van der Waals surface area contributed by atoms with Crippen LogP contribution in [0.2, 0.25) is 0 Å². The highest BCUT2D eigenvalue weighted by Gasteiger charge is 2.08. The molecule has 5 N–H and O–H groups in total. The van der Waals surface area contributed by atoms with Crippen molar-refractivity contribution < 1.29 is 19.5 Å². The molecule has 200 valence electrons. The third kappa shape index (κ3) is 9.64. The van der Waals surface area contributed by atoms with E-state index in [9.17, 15) is 9.59 Å². The van der Waals surface area contributed by atoms with Crippen molar-refractivity contribution in [2.24, 2.45) is 0 Å². The Bertz CT molecular complexity index is 1220. The molecule has 1 aromatic heterocycles. The molecule has 3 rings (SSSR count). The lowest BCUT2D eigenvalue weighted by Crippen LogP contribution is -2.17. The number of anilines is 3. The molecule has 0 unspecified atom stereocenters. The molecule has 2 aromatic carbocycles. The van der Waals surface area contributed by atoms with Crippen molar-refractivity contribution in [3.05, 3.63) is 78.5 Å². The van der Waals surface area contributed by atoms with Crippen LogP contribution in [-0.4, -0.2) is 33.5 Å². The molecule has 0 aliphatic carbocycles. The van der Waals surface area contributed by atoms with Crippen LogP contribution in [-0.2, 0) is 16.1 Å². The maximum absolute atomic E-state index is 11.6. The molecule has 10 nitrogen and oxygen atoms in total. The lowest BCUT2D eigenvalue weighted by Gasteiger charge is -2.11. The summed E-state index contributed by atoms with van der Waals surface area (Å²) < 4.78 is 5.96. The van der Waals surface area contributed by atoms with Gasteiger partial charge in [0.2, 0.25) is 23.6 Å². The van der Waals surface area contributed by atoms with E-state index in [0.29, 0.717) is 29.7 Å². The second-order valence-corrected chi connectivity index (χ2v) is 8.70. The van der Waals surface area contributed by atoms with Gasteiger partial charge >= 0.3 is 0 Å². The summed E-state index contributed by atoms with van der Waals surface area (Å²) in [5, 5.41) is 17.8. The summed E-state index contributed by atoms with van der Waals surface area (Å²) in [6.07, 6.45) is 7.06. The maximum atomic E-state index is 11.6. The highest BCUT2D eigenvalue weighted by atomic mass is 16.5. The number of hydroxylamine groups is 1. The largest absolute Gasteiger partial charge is 0.438 e. The molecule has 2 amide bonds. The number of ether oxygens (including phenoxy) is 1. The fourth-order valence-corrected chi connectivity index (χ4v) is 3.54. The third-order valence-electron chi connectivity index (χ3n) is 5.60. The van der Waals surface area contributed by atoms with Crippen molar-refractivity contribution in [2.45, 2.75) is 45.6 Å². The Balaban J connectivity index is 1.46. The van der Waals surface area contributed by atoms with Gasteiger partial charge in [-0.15, -0.1) is 0 Å². The lowest BCUT2D eigenvalue weighted by atomic mass is 10.1. The van der Waals surface area contributed by atoms with Crippen molar-refractivity contribution in [1.82, 2.24) is 20.8 Å². The van der Waals surface area contributed by atoms with E-state index in [4.69, 9.17) is 9.94 Å². The van der Waals surface area contributed by atoms with E-state index < -0.39 is 0 Å². The molecular weight excluding hydrogens is 484 g/mol. The van der Waals surface area contributed by atoms with Crippen LogP contribution in [0.25, 0.3) is 0 Å². The average molecular weight is 519 g/mol. The fraction of sp³-hybridized carbons (Fsp3) is 0.286. The molecule has 0 fully saturated rings. The first kappa shape index (κ1) is 28.3. The number of hydrogen-bond donors (Lipinski definition) is 5. The molecule has 1 heterocycles. The van der Waals surface area contributed by atoms with E-state index in [2.05, 4.69) is 32.5 Å². The molecule has 0 aliphatic rings. The summed E-state index contributed by atoms with van der Waals surface area (Å²) in [7, 11) is 0. The van der Waals surface area contributed by atoms with Crippen LogP contribution in [0.4, 0.5) is 17.3 Å². The molecule has 0 atom stereocenters. The monoisotopic (exact) mass is 518 g/mol. The van der Waals surface area contributed by atoms with Crippen LogP contribution in [0.15, 0.2) is 67.4 Å². The number of nitrogens with one attached hydrogen (secondary N) is 4. The first-order chi connectivity index (χ1) is 18.5. The highest BCUT2D eigenvalue weighted by Crippen LogP contribution is 2.26. The van der Waals surface area contributed by atoms with Crippen LogP contribution >= 0.6 is 0 Å². The highest BCUT2D eigenvalue weighted by molar-refractivity contribution is 5.98. The Morgan fingerprint density at radius 1 is 1.05 bits per heavy atom. The Kier molecular flexibility index (Phi) is 11.2. The van der Waals surface area contributed by atoms with Crippen molar-refractivity contribution in [2.75, 3.05) is 17.2 Å². The molecule has 10 heteroatoms. The molecule has 0 bridgehead atoms. The summed E-state index contributed by atoms with van der Waals surface area (Å²) in [5.74, 6) is 0.719. The summed E-state index contributed by atoms with van der Waals surface area (Å²) in [6.45, 7) is 6.98. The fourth-order valence-electron chi connectivity index (χ4n) is 3.54. The first-order valence-electron chi connectivity index (χ1n) is 12.5. The minimum Gasteiger partial charge on any atom is -0.438 e. The summed E-state index contributed by atoms with van der Waals surface area (Å²) in [4.78, 5) is 31.4. The molecule has 0 saturated carbocycles. The predicted octanol–water partition coefficient (Wildman–Crippen LogP) is 4.99. The Morgan fingerprint density at radius 2 is 1.84 bits per heavy atom. The van der Waals surface area contributed by atoms with Crippen LogP contribution in [0.3, 0.4) is 0 Å². The number of aryl methyl sites for hydroxylation is 1. The number of aromatic nitrogens is 2. The maximum Gasteiger partial charge on any atom is 0.247 e. The molecule has 0 saturated heterocycles. The van der Waals surface area contributed by atoms with E-state index in [0.717, 1.165) is 55.6 Å². The Morgan fingerprint density at radius 3 is 2.61 bits per heavy atom. The molecular formula is C28H34N6O4.